The first-order chi connectivity index (χ1) is 12.3. The summed E-state index contributed by atoms with van der Waals surface area (Å²) in [6.07, 6.45) is 1.11. The molecule has 1 aliphatic rings. The minimum atomic E-state index is -0.107. The summed E-state index contributed by atoms with van der Waals surface area (Å²) in [5.41, 5.74) is 2.02. The third kappa shape index (κ3) is 4.27. The molecule has 6 heteroatoms. The van der Waals surface area contributed by atoms with Crippen molar-refractivity contribution >= 4 is 34.6 Å². The van der Waals surface area contributed by atoms with Gasteiger partial charge < -0.3 is 10.1 Å². The van der Waals surface area contributed by atoms with Gasteiger partial charge in [0.25, 0.3) is 0 Å². The summed E-state index contributed by atoms with van der Waals surface area (Å²) in [6, 6.07) is 7.72. The van der Waals surface area contributed by atoms with Crippen LogP contribution in [-0.4, -0.2) is 24.3 Å². The number of nitrogens with one attached hydrogen (secondary N) is 1. The molecule has 3 rings (SSSR count). The molecule has 1 unspecified atom stereocenters. The van der Waals surface area contributed by atoms with Crippen LogP contribution in [0.25, 0.3) is 10.4 Å². The van der Waals surface area contributed by atoms with E-state index < -0.39 is 0 Å². The number of benzene rings is 1. The van der Waals surface area contributed by atoms with Crippen LogP contribution >= 0.6 is 22.9 Å². The maximum atomic E-state index is 11.8. The van der Waals surface area contributed by atoms with Gasteiger partial charge in [0.2, 0.25) is 5.91 Å². The number of hydrogen-bond donors (Lipinski definition) is 1. The second-order valence-corrected chi connectivity index (χ2v) is 8.50. The van der Waals surface area contributed by atoms with Crippen LogP contribution in [0, 0.1) is 5.92 Å². The lowest BCUT2D eigenvalue weighted by Gasteiger charge is -2.13. The zero-order valence-corrected chi connectivity index (χ0v) is 16.7. The van der Waals surface area contributed by atoms with Gasteiger partial charge >= 0.3 is 0 Å². The van der Waals surface area contributed by atoms with Gasteiger partial charge in [0.05, 0.1) is 16.4 Å². The fourth-order valence-electron chi connectivity index (χ4n) is 3.00. The minimum Gasteiger partial charge on any atom is -0.486 e. The number of thiophene rings is 1. The minimum absolute atomic E-state index is 0.0432. The summed E-state index contributed by atoms with van der Waals surface area (Å²) >= 11 is 7.88. The van der Waals surface area contributed by atoms with E-state index in [4.69, 9.17) is 16.3 Å². The second kappa shape index (κ2) is 7.80. The molecular weight excluding hydrogens is 370 g/mol. The van der Waals surface area contributed by atoms with Crippen molar-refractivity contribution in [2.24, 2.45) is 5.92 Å². The number of carbonyl (C=O) groups excluding carboxylic acids is 2. The Morgan fingerprint density at radius 2 is 2.12 bits per heavy atom. The van der Waals surface area contributed by atoms with Crippen molar-refractivity contribution in [3.63, 3.8) is 0 Å². The van der Waals surface area contributed by atoms with Crippen LogP contribution in [0.5, 0.6) is 5.75 Å². The van der Waals surface area contributed by atoms with Gasteiger partial charge in [0.1, 0.15) is 11.9 Å². The van der Waals surface area contributed by atoms with E-state index in [9.17, 15) is 9.59 Å². The SMILES string of the molecule is CC(=O)c1ccc(-c2cc(Cl)c3c(c2)CC(CNC(=O)CC(C)C)O3)s1. The highest BCUT2D eigenvalue weighted by molar-refractivity contribution is 7.17. The Hall–Kier alpha value is -1.85. The number of halogens is 1. The van der Waals surface area contributed by atoms with Crippen molar-refractivity contribution in [3.05, 3.63) is 39.7 Å². The van der Waals surface area contributed by atoms with E-state index >= 15 is 0 Å². The van der Waals surface area contributed by atoms with Crippen LogP contribution in [0.4, 0.5) is 0 Å². The third-order valence-electron chi connectivity index (χ3n) is 4.21. The first-order valence-corrected chi connectivity index (χ1v) is 9.90. The lowest BCUT2D eigenvalue weighted by atomic mass is 10.1. The molecule has 0 aliphatic carbocycles. The van der Waals surface area contributed by atoms with Crippen molar-refractivity contribution < 1.29 is 14.3 Å². The van der Waals surface area contributed by atoms with Crippen molar-refractivity contribution in [2.45, 2.75) is 39.7 Å². The van der Waals surface area contributed by atoms with E-state index in [2.05, 4.69) is 11.4 Å². The lowest BCUT2D eigenvalue weighted by Crippen LogP contribution is -2.34. The Bertz CT molecular complexity index is 844. The number of hydrogen-bond acceptors (Lipinski definition) is 4. The fourth-order valence-corrected chi connectivity index (χ4v) is 4.17. The Morgan fingerprint density at radius 1 is 1.35 bits per heavy atom. The molecule has 1 aromatic carbocycles. The highest BCUT2D eigenvalue weighted by Crippen LogP contribution is 2.41. The lowest BCUT2D eigenvalue weighted by molar-refractivity contribution is -0.122. The van der Waals surface area contributed by atoms with Gasteiger partial charge in [-0.25, -0.2) is 0 Å². The second-order valence-electron chi connectivity index (χ2n) is 7.01. The molecule has 2 aromatic rings. The molecule has 1 N–H and O–H groups in total. The van der Waals surface area contributed by atoms with Crippen LogP contribution in [0.15, 0.2) is 24.3 Å². The van der Waals surface area contributed by atoms with Gasteiger partial charge in [0, 0.05) is 23.3 Å². The molecule has 0 spiro atoms. The monoisotopic (exact) mass is 391 g/mol. The predicted octanol–water partition coefficient (Wildman–Crippen LogP) is 4.74. The standard InChI is InChI=1S/C20H22ClNO3S/c1-11(2)6-19(24)22-10-15-8-14-7-13(9-16(21)20(14)25-15)18-5-4-17(26-18)12(3)23/h4-5,7,9,11,15H,6,8,10H2,1-3H3,(H,22,24). The number of rotatable bonds is 6. The van der Waals surface area contributed by atoms with Gasteiger partial charge in [0.15, 0.2) is 5.78 Å². The molecule has 0 fully saturated rings. The first kappa shape index (κ1) is 18.9. The Morgan fingerprint density at radius 3 is 2.77 bits per heavy atom. The third-order valence-corrected chi connectivity index (χ3v) is 5.73. The molecule has 2 heterocycles. The normalized spacial score (nSPS) is 15.7. The van der Waals surface area contributed by atoms with Crippen LogP contribution in [-0.2, 0) is 11.2 Å². The Labute approximate surface area is 162 Å². The maximum Gasteiger partial charge on any atom is 0.220 e. The van der Waals surface area contributed by atoms with Gasteiger partial charge in [-0.3, -0.25) is 9.59 Å². The van der Waals surface area contributed by atoms with Gasteiger partial charge in [-0.05, 0) is 42.7 Å². The maximum absolute atomic E-state index is 11.8. The summed E-state index contributed by atoms with van der Waals surface area (Å²) < 4.78 is 5.93. The van der Waals surface area contributed by atoms with Crippen molar-refractivity contribution in [1.29, 1.82) is 0 Å². The summed E-state index contributed by atoms with van der Waals surface area (Å²) in [7, 11) is 0. The molecular formula is C20H22ClNO3S. The average Bonchev–Trinajstić information content (AvgIpc) is 3.19. The molecule has 138 valence electrons. The fraction of sp³-hybridized carbons (Fsp3) is 0.400. The molecule has 1 amide bonds. The molecule has 26 heavy (non-hydrogen) atoms. The first-order valence-electron chi connectivity index (χ1n) is 8.70. The Balaban J connectivity index is 1.71. The zero-order valence-electron chi connectivity index (χ0n) is 15.1. The summed E-state index contributed by atoms with van der Waals surface area (Å²) in [6.45, 7) is 6.08. The zero-order chi connectivity index (χ0) is 18.8. The molecule has 1 aromatic heterocycles. The molecule has 4 nitrogen and oxygen atoms in total. The number of amides is 1. The van der Waals surface area contributed by atoms with Crippen LogP contribution in [0.2, 0.25) is 5.02 Å². The van der Waals surface area contributed by atoms with E-state index in [0.717, 1.165) is 20.9 Å². The van der Waals surface area contributed by atoms with Gasteiger partial charge in [-0.2, -0.15) is 0 Å². The van der Waals surface area contributed by atoms with Crippen molar-refractivity contribution in [2.75, 3.05) is 6.54 Å². The highest BCUT2D eigenvalue weighted by Gasteiger charge is 2.26. The van der Waals surface area contributed by atoms with Crippen molar-refractivity contribution in [1.82, 2.24) is 5.32 Å². The van der Waals surface area contributed by atoms with E-state index in [1.54, 1.807) is 6.92 Å². The molecule has 0 saturated heterocycles. The average molecular weight is 392 g/mol. The van der Waals surface area contributed by atoms with Gasteiger partial charge in [-0.1, -0.05) is 25.4 Å². The Kier molecular flexibility index (Phi) is 5.68. The summed E-state index contributed by atoms with van der Waals surface area (Å²) in [4.78, 5) is 25.1. The largest absolute Gasteiger partial charge is 0.486 e. The van der Waals surface area contributed by atoms with Gasteiger partial charge in [-0.15, -0.1) is 11.3 Å². The molecule has 1 atom stereocenters. The molecule has 1 aliphatic heterocycles. The van der Waals surface area contributed by atoms with Crippen LogP contribution in [0.1, 0.15) is 42.4 Å². The number of Topliss-reactive ketones (excluding diaryl/α,β-unsaturated/α-hetero) is 1. The quantitative estimate of drug-likeness (QED) is 0.724. The number of carbonyl (C=O) groups is 2. The molecule has 0 bridgehead atoms. The highest BCUT2D eigenvalue weighted by atomic mass is 35.5. The summed E-state index contributed by atoms with van der Waals surface area (Å²) in [5.74, 6) is 1.14. The molecule has 0 saturated carbocycles. The van der Waals surface area contributed by atoms with E-state index in [0.29, 0.717) is 36.1 Å². The van der Waals surface area contributed by atoms with E-state index in [1.165, 1.54) is 11.3 Å². The topological polar surface area (TPSA) is 55.4 Å². The number of fused-ring (bicyclic) bond motifs is 1. The summed E-state index contributed by atoms with van der Waals surface area (Å²) in [5, 5.41) is 3.49. The smallest absolute Gasteiger partial charge is 0.220 e. The van der Waals surface area contributed by atoms with E-state index in [-0.39, 0.29) is 17.8 Å². The van der Waals surface area contributed by atoms with Crippen LogP contribution in [0.3, 0.4) is 0 Å². The van der Waals surface area contributed by atoms with Crippen LogP contribution < -0.4 is 10.1 Å². The predicted molar refractivity (Wildman–Crippen MR) is 105 cm³/mol. The van der Waals surface area contributed by atoms with E-state index in [1.807, 2.05) is 32.0 Å². The number of ketones is 1. The number of ether oxygens (including phenoxy) is 1. The van der Waals surface area contributed by atoms with Crippen molar-refractivity contribution in [3.8, 4) is 16.2 Å². The molecule has 0 radical (unpaired) electrons.